The summed E-state index contributed by atoms with van der Waals surface area (Å²) in [5, 5.41) is 35.0. The second-order valence-electron chi connectivity index (χ2n) is 17.6. The van der Waals surface area contributed by atoms with Gasteiger partial charge in [-0.15, -0.1) is 19.8 Å². The Morgan fingerprint density at radius 3 is 0.698 bits per heavy atom. The quantitative estimate of drug-likeness (QED) is 0.322. The van der Waals surface area contributed by atoms with Gasteiger partial charge < -0.3 is 39.4 Å². The van der Waals surface area contributed by atoms with Crippen LogP contribution in [0.3, 0.4) is 0 Å². The van der Waals surface area contributed by atoms with Gasteiger partial charge in [-0.2, -0.15) is 7.11 Å². The molecule has 9 fully saturated rings. The van der Waals surface area contributed by atoms with Crippen LogP contribution < -0.4 is 253 Å². The molecule has 12 heteroatoms. The molecule has 5 aliphatic carbocycles. The Kier molecular flexibility index (Phi) is 71.3. The number of rotatable bonds is 1. The van der Waals surface area contributed by atoms with Gasteiger partial charge in [0.25, 0.3) is 0 Å². The van der Waals surface area contributed by atoms with E-state index in [1.165, 1.54) is 141 Å². The first-order chi connectivity index (χ1) is 25.1. The van der Waals surface area contributed by atoms with Gasteiger partial charge in [-0.3, -0.25) is 0 Å². The van der Waals surface area contributed by atoms with E-state index < -0.39 is 0 Å². The summed E-state index contributed by atoms with van der Waals surface area (Å²) in [6.07, 6.45) is 31.7. The average Bonchev–Trinajstić information content (AvgIpc) is 4.07. The van der Waals surface area contributed by atoms with Crippen molar-refractivity contribution >= 4 is 0 Å². The summed E-state index contributed by atoms with van der Waals surface area (Å²) < 4.78 is 22.2. The van der Waals surface area contributed by atoms with Crippen molar-refractivity contribution in [2.24, 2.45) is 5.92 Å². The molecule has 8 nitrogen and oxygen atoms in total. The van der Waals surface area contributed by atoms with Gasteiger partial charge in [0.2, 0.25) is 0 Å². The number of ether oxygens (including phenoxy) is 4. The summed E-state index contributed by atoms with van der Waals surface area (Å²) in [5.41, 5.74) is 1.70. The van der Waals surface area contributed by atoms with Gasteiger partial charge in [0.05, 0.1) is 45.8 Å². The second-order valence-corrected chi connectivity index (χ2v) is 17.6. The fourth-order valence-electron chi connectivity index (χ4n) is 9.06. The Balaban J connectivity index is -0.0000000636. The predicted molar refractivity (Wildman–Crippen MR) is 251 cm³/mol. The van der Waals surface area contributed by atoms with Crippen molar-refractivity contribution in [3.8, 4) is 0 Å². The SMILES string of the molecule is C.C.C.C.C.C.C1CCC2OC2C1.CC12CCCCC1(C)O2.CC12CCCCC1(C)O2.CC12CCCCC1(C)O2.CCC1CCCCC1.CC[O-].CC[O-].CC[O-].C[O-].[Rb+].[Rb+].[Rb+].[Rb+]. The molecule has 4 aliphatic heterocycles. The Morgan fingerprint density at radius 1 is 0.365 bits per heavy atom. The van der Waals surface area contributed by atoms with Crippen LogP contribution in [-0.4, -0.2) is 72.7 Å². The second kappa shape index (κ2) is 48.5. The van der Waals surface area contributed by atoms with Crippen LogP contribution in [0.2, 0.25) is 0 Å². The monoisotopic (exact) mass is 1190 g/mol. The molecule has 0 aromatic carbocycles. The standard InChI is InChI=1S/3C8H14O.C8H16.C6H10O.3C2H5O.CH3O.6CH4.4Rb/c3*1-7-5-3-4-6-8(7,2)9-7;1-2-8-6-4-3-5-7-8;1-2-4-6-5(3-1)7-6;3*1-2-3;1-2;;;;;;;;;;/h3*3-6H2,1-2H3;8H,2-7H2,1H3;5-6H,1-4H2;3*2H2,1H3;1H3;6*1H4;;;;/q;;;;;4*-1;;;;;;;4*+1. The van der Waals surface area contributed by atoms with Gasteiger partial charge in [0.15, 0.2) is 0 Å². The molecule has 4 heterocycles. The van der Waals surface area contributed by atoms with E-state index in [1.54, 1.807) is 20.8 Å². The largest absolute Gasteiger partial charge is 1.00 e. The smallest absolute Gasteiger partial charge is 0.857 e. The van der Waals surface area contributed by atoms with E-state index >= 15 is 0 Å². The van der Waals surface area contributed by atoms with Gasteiger partial charge in [0.1, 0.15) is 0 Å². The minimum absolute atomic E-state index is 0. The van der Waals surface area contributed by atoms with Gasteiger partial charge >= 0.3 is 233 Å². The summed E-state index contributed by atoms with van der Waals surface area (Å²) in [6, 6.07) is 0. The Hall–Kier alpha value is 6.90. The minimum Gasteiger partial charge on any atom is -0.857 e. The van der Waals surface area contributed by atoms with E-state index in [0.29, 0.717) is 12.2 Å². The van der Waals surface area contributed by atoms with E-state index in [9.17, 15) is 0 Å². The first-order valence-corrected chi connectivity index (χ1v) is 22.0. The molecule has 8 atom stereocenters. The topological polar surface area (TPSA) is 142 Å². The van der Waals surface area contributed by atoms with Crippen molar-refractivity contribution < 1.29 is 272 Å². The molecule has 0 radical (unpaired) electrons. The molecular weight excluding hydrogens is 1080 g/mol. The summed E-state index contributed by atoms with van der Waals surface area (Å²) in [6.45, 7) is 20.5. The number of epoxide rings is 4. The molecule has 0 aromatic heterocycles. The first-order valence-electron chi connectivity index (χ1n) is 22.0. The molecule has 0 N–H and O–H groups in total. The summed E-state index contributed by atoms with van der Waals surface area (Å²) >= 11 is 0. The van der Waals surface area contributed by atoms with Crippen LogP contribution in [0.1, 0.15) is 255 Å². The van der Waals surface area contributed by atoms with Crippen LogP contribution in [-0.2, 0) is 18.9 Å². The maximum absolute atomic E-state index is 8.93. The fraction of sp³-hybridized carbons (Fsp3) is 1.00. The zero-order chi connectivity index (χ0) is 40.2. The molecule has 0 amide bonds. The third-order valence-electron chi connectivity index (χ3n) is 13.5. The third kappa shape index (κ3) is 33.5. The Bertz CT molecular complexity index is 801. The maximum Gasteiger partial charge on any atom is 1.00 e. The van der Waals surface area contributed by atoms with Crippen molar-refractivity contribution in [3.63, 3.8) is 0 Å². The first kappa shape index (κ1) is 92.5. The van der Waals surface area contributed by atoms with Gasteiger partial charge in [0, 0.05) is 0 Å². The van der Waals surface area contributed by atoms with Gasteiger partial charge in [-0.05, 0) is 98.8 Å². The zero-order valence-corrected chi connectivity index (χ0v) is 60.3. The molecule has 9 aliphatic rings. The van der Waals surface area contributed by atoms with Gasteiger partial charge in [-0.1, -0.05) is 162 Å². The Labute approximate surface area is 593 Å². The van der Waals surface area contributed by atoms with Crippen LogP contribution in [0.15, 0.2) is 0 Å². The van der Waals surface area contributed by atoms with E-state index in [-0.39, 0.29) is 331 Å². The average molecular weight is 1190 g/mol. The van der Waals surface area contributed by atoms with Crippen molar-refractivity contribution in [2.75, 3.05) is 26.9 Å². The number of hydrogen-bond acceptors (Lipinski definition) is 8. The summed E-state index contributed by atoms with van der Waals surface area (Å²) in [4.78, 5) is 0. The number of hydrogen-bond donors (Lipinski definition) is 0. The normalized spacial score (nSPS) is 33.6. The number of fused-ring (bicyclic) bond motifs is 4. The summed E-state index contributed by atoms with van der Waals surface area (Å²) in [7, 11) is 0.750. The molecule has 5 saturated carbocycles. The predicted octanol–water partition coefficient (Wildman–Crippen LogP) is -0.463. The van der Waals surface area contributed by atoms with Crippen molar-refractivity contribution in [3.05, 3.63) is 0 Å². The van der Waals surface area contributed by atoms with Crippen LogP contribution in [0.5, 0.6) is 0 Å². The van der Waals surface area contributed by atoms with Crippen molar-refractivity contribution in [1.29, 1.82) is 0 Å². The van der Waals surface area contributed by atoms with Crippen molar-refractivity contribution in [2.45, 2.75) is 301 Å². The third-order valence-corrected chi connectivity index (χ3v) is 13.5. The minimum atomic E-state index is 0. The van der Waals surface area contributed by atoms with Gasteiger partial charge in [-0.25, -0.2) is 0 Å². The van der Waals surface area contributed by atoms with Crippen LogP contribution >= 0.6 is 0 Å². The maximum atomic E-state index is 8.93. The molecule has 4 saturated heterocycles. The van der Waals surface area contributed by atoms with Crippen LogP contribution in [0, 0.1) is 5.92 Å². The molecule has 63 heavy (non-hydrogen) atoms. The Morgan fingerprint density at radius 2 is 0.556 bits per heavy atom. The summed E-state index contributed by atoms with van der Waals surface area (Å²) in [5.74, 6) is 1.09. The molecular formula is C51H110O8Rb4. The van der Waals surface area contributed by atoms with Crippen molar-refractivity contribution in [1.82, 2.24) is 0 Å². The molecule has 9 rings (SSSR count). The van der Waals surface area contributed by atoms with Crippen LogP contribution in [0.4, 0.5) is 0 Å². The molecule has 0 spiro atoms. The molecule has 0 aromatic rings. The van der Waals surface area contributed by atoms with E-state index in [1.807, 2.05) is 0 Å². The molecule has 0 bridgehead atoms. The molecule has 8 unspecified atom stereocenters. The van der Waals surface area contributed by atoms with Crippen LogP contribution in [0.25, 0.3) is 0 Å². The molecule has 366 valence electrons. The zero-order valence-electron chi connectivity index (χ0n) is 40.7. The fourth-order valence-corrected chi connectivity index (χ4v) is 9.06. The van der Waals surface area contributed by atoms with E-state index in [2.05, 4.69) is 48.5 Å². The van der Waals surface area contributed by atoms with E-state index in [0.717, 1.165) is 13.0 Å². The van der Waals surface area contributed by atoms with E-state index in [4.69, 9.17) is 39.4 Å².